The lowest BCUT2D eigenvalue weighted by atomic mass is 9.98. The van der Waals surface area contributed by atoms with Gasteiger partial charge in [-0.1, -0.05) is 18.6 Å². The first-order valence-electron chi connectivity index (χ1n) is 6.03. The average Bonchev–Trinajstić information content (AvgIpc) is 2.30. The maximum atomic E-state index is 11.6. The van der Waals surface area contributed by atoms with Crippen molar-refractivity contribution in [2.24, 2.45) is 0 Å². The zero-order chi connectivity index (χ0) is 12.3. The Kier molecular flexibility index (Phi) is 3.72. The Morgan fingerprint density at radius 2 is 1.76 bits per heavy atom. The smallest absolute Gasteiger partial charge is 0.179 e. The molecule has 1 aromatic carbocycles. The maximum absolute atomic E-state index is 11.6. The van der Waals surface area contributed by atoms with Gasteiger partial charge in [0.25, 0.3) is 0 Å². The molecule has 17 heavy (non-hydrogen) atoms. The van der Waals surface area contributed by atoms with Gasteiger partial charge in [-0.3, -0.25) is 0 Å². The minimum absolute atomic E-state index is 0.173. The molecule has 0 amide bonds. The monoisotopic (exact) mass is 254 g/mol. The van der Waals surface area contributed by atoms with E-state index in [0.717, 1.165) is 12.8 Å². The summed E-state index contributed by atoms with van der Waals surface area (Å²) in [6.45, 7) is 0. The van der Waals surface area contributed by atoms with Crippen molar-refractivity contribution in [3.05, 3.63) is 24.3 Å². The summed E-state index contributed by atoms with van der Waals surface area (Å²) in [6.07, 6.45) is 7.05. The fourth-order valence-corrected chi connectivity index (χ4v) is 3.02. The van der Waals surface area contributed by atoms with Crippen LogP contribution in [0.2, 0.25) is 0 Å². The first-order chi connectivity index (χ1) is 8.07. The maximum Gasteiger partial charge on any atom is 0.179 e. The minimum atomic E-state index is -3.21. The summed E-state index contributed by atoms with van der Waals surface area (Å²) < 4.78 is 29.1. The van der Waals surface area contributed by atoms with Crippen LogP contribution in [0, 0.1) is 0 Å². The van der Waals surface area contributed by atoms with Gasteiger partial charge in [0.2, 0.25) is 0 Å². The molecule has 4 heteroatoms. The largest absolute Gasteiger partial charge is 0.489 e. The molecular weight excluding hydrogens is 236 g/mol. The molecular formula is C13H18O3S. The minimum Gasteiger partial charge on any atom is -0.489 e. The molecule has 0 aromatic heterocycles. The fourth-order valence-electron chi connectivity index (χ4n) is 2.22. The zero-order valence-corrected chi connectivity index (χ0v) is 10.9. The molecule has 1 aromatic rings. The molecule has 0 aliphatic heterocycles. The molecule has 1 aliphatic rings. The van der Waals surface area contributed by atoms with Gasteiger partial charge < -0.3 is 4.74 Å². The Morgan fingerprint density at radius 1 is 1.12 bits per heavy atom. The van der Waals surface area contributed by atoms with Gasteiger partial charge in [0.15, 0.2) is 9.84 Å². The summed E-state index contributed by atoms with van der Waals surface area (Å²) in [4.78, 5) is 0.297. The van der Waals surface area contributed by atoms with Gasteiger partial charge >= 0.3 is 0 Å². The molecule has 0 spiro atoms. The molecule has 1 aliphatic carbocycles. The topological polar surface area (TPSA) is 43.4 Å². The standard InChI is InChI=1S/C13H18O3S/c1-17(14,15)13-10-6-5-9-12(13)16-11-7-3-2-4-8-11/h5-6,9-11H,2-4,7-8H2,1H3. The summed E-state index contributed by atoms with van der Waals surface area (Å²) in [5.74, 6) is 0.502. The molecule has 2 rings (SSSR count). The first kappa shape index (κ1) is 12.4. The van der Waals surface area contributed by atoms with Crippen LogP contribution in [0.25, 0.3) is 0 Å². The quantitative estimate of drug-likeness (QED) is 0.833. The van der Waals surface area contributed by atoms with Gasteiger partial charge in [-0.15, -0.1) is 0 Å². The lowest BCUT2D eigenvalue weighted by Crippen LogP contribution is -2.20. The number of hydrogen-bond acceptors (Lipinski definition) is 3. The molecule has 0 bridgehead atoms. The van der Waals surface area contributed by atoms with Gasteiger partial charge in [0.1, 0.15) is 10.6 Å². The number of benzene rings is 1. The average molecular weight is 254 g/mol. The highest BCUT2D eigenvalue weighted by molar-refractivity contribution is 7.90. The molecule has 0 unspecified atom stereocenters. The van der Waals surface area contributed by atoms with Crippen molar-refractivity contribution in [2.75, 3.05) is 6.26 Å². The fraction of sp³-hybridized carbons (Fsp3) is 0.538. The molecule has 0 N–H and O–H groups in total. The second kappa shape index (κ2) is 5.08. The van der Waals surface area contributed by atoms with E-state index in [9.17, 15) is 8.42 Å². The summed E-state index contributed by atoms with van der Waals surface area (Å²) in [5.41, 5.74) is 0. The van der Waals surface area contributed by atoms with Gasteiger partial charge in [-0.25, -0.2) is 8.42 Å². The lowest BCUT2D eigenvalue weighted by Gasteiger charge is -2.23. The Labute approximate surface area is 103 Å². The van der Waals surface area contributed by atoms with Crippen LogP contribution in [0.5, 0.6) is 5.75 Å². The molecule has 0 saturated heterocycles. The zero-order valence-electron chi connectivity index (χ0n) is 10.1. The number of para-hydroxylation sites is 1. The predicted molar refractivity (Wildman–Crippen MR) is 67.1 cm³/mol. The van der Waals surface area contributed by atoms with Gasteiger partial charge in [0, 0.05) is 6.26 Å². The third-order valence-corrected chi connectivity index (χ3v) is 4.23. The van der Waals surface area contributed by atoms with Crippen LogP contribution in [-0.4, -0.2) is 20.8 Å². The van der Waals surface area contributed by atoms with E-state index >= 15 is 0 Å². The van der Waals surface area contributed by atoms with E-state index in [2.05, 4.69) is 0 Å². The van der Waals surface area contributed by atoms with Crippen LogP contribution in [-0.2, 0) is 9.84 Å². The van der Waals surface area contributed by atoms with Crippen molar-refractivity contribution >= 4 is 9.84 Å². The SMILES string of the molecule is CS(=O)(=O)c1ccccc1OC1CCCCC1. The van der Waals surface area contributed by atoms with Crippen LogP contribution in [0.4, 0.5) is 0 Å². The summed E-state index contributed by atoms with van der Waals surface area (Å²) in [6, 6.07) is 6.88. The van der Waals surface area contributed by atoms with Crippen molar-refractivity contribution in [3.63, 3.8) is 0 Å². The van der Waals surface area contributed by atoms with E-state index in [4.69, 9.17) is 4.74 Å². The van der Waals surface area contributed by atoms with Gasteiger partial charge in [0.05, 0.1) is 6.10 Å². The van der Waals surface area contributed by atoms with Crippen molar-refractivity contribution in [3.8, 4) is 5.75 Å². The summed E-state index contributed by atoms with van der Waals surface area (Å²) >= 11 is 0. The van der Waals surface area contributed by atoms with Crippen LogP contribution in [0.3, 0.4) is 0 Å². The third kappa shape index (κ3) is 3.22. The summed E-state index contributed by atoms with van der Waals surface area (Å²) in [5, 5.41) is 0. The van der Waals surface area contributed by atoms with Crippen molar-refractivity contribution in [2.45, 2.75) is 43.1 Å². The molecule has 0 heterocycles. The van der Waals surface area contributed by atoms with Gasteiger partial charge in [-0.05, 0) is 37.8 Å². The summed E-state index contributed by atoms with van der Waals surface area (Å²) in [7, 11) is -3.21. The molecule has 94 valence electrons. The molecule has 0 radical (unpaired) electrons. The molecule has 1 fully saturated rings. The number of sulfone groups is 1. The Bertz CT molecular complexity index is 473. The van der Waals surface area contributed by atoms with E-state index in [1.807, 2.05) is 6.07 Å². The van der Waals surface area contributed by atoms with Crippen LogP contribution in [0.15, 0.2) is 29.2 Å². The normalized spacial score (nSPS) is 17.9. The van der Waals surface area contributed by atoms with Crippen molar-refractivity contribution in [1.82, 2.24) is 0 Å². The highest BCUT2D eigenvalue weighted by Gasteiger charge is 2.19. The highest BCUT2D eigenvalue weighted by atomic mass is 32.2. The first-order valence-corrected chi connectivity index (χ1v) is 7.92. The van der Waals surface area contributed by atoms with Crippen LogP contribution in [0.1, 0.15) is 32.1 Å². The Balaban J connectivity index is 2.20. The van der Waals surface area contributed by atoms with Crippen LogP contribution < -0.4 is 4.74 Å². The van der Waals surface area contributed by atoms with Gasteiger partial charge in [-0.2, -0.15) is 0 Å². The highest BCUT2D eigenvalue weighted by Crippen LogP contribution is 2.28. The molecule has 3 nitrogen and oxygen atoms in total. The number of ether oxygens (including phenoxy) is 1. The third-order valence-electron chi connectivity index (χ3n) is 3.09. The Hall–Kier alpha value is -1.03. The van der Waals surface area contributed by atoms with E-state index in [0.29, 0.717) is 10.6 Å². The van der Waals surface area contributed by atoms with E-state index in [1.54, 1.807) is 18.2 Å². The Morgan fingerprint density at radius 3 is 2.41 bits per heavy atom. The number of rotatable bonds is 3. The predicted octanol–water partition coefficient (Wildman–Crippen LogP) is 2.80. The number of hydrogen-bond donors (Lipinski definition) is 0. The lowest BCUT2D eigenvalue weighted by molar-refractivity contribution is 0.151. The second-order valence-electron chi connectivity index (χ2n) is 4.60. The van der Waals surface area contributed by atoms with Crippen LogP contribution >= 0.6 is 0 Å². The molecule has 0 atom stereocenters. The van der Waals surface area contributed by atoms with Crippen molar-refractivity contribution in [1.29, 1.82) is 0 Å². The van der Waals surface area contributed by atoms with E-state index in [-0.39, 0.29) is 6.10 Å². The van der Waals surface area contributed by atoms with E-state index in [1.165, 1.54) is 25.5 Å². The second-order valence-corrected chi connectivity index (χ2v) is 6.58. The van der Waals surface area contributed by atoms with E-state index < -0.39 is 9.84 Å². The molecule has 1 saturated carbocycles. The van der Waals surface area contributed by atoms with Crippen molar-refractivity contribution < 1.29 is 13.2 Å².